The number of sulfone groups is 1. The first-order valence-corrected chi connectivity index (χ1v) is 24.6. The van der Waals surface area contributed by atoms with E-state index in [2.05, 4.69) is 44.3 Å². The second-order valence-corrected chi connectivity index (χ2v) is 20.1. The molecule has 0 spiro atoms. The maximum atomic E-state index is 14.0. The van der Waals surface area contributed by atoms with Gasteiger partial charge in [-0.3, -0.25) is 29.4 Å². The molecule has 4 saturated heterocycles. The molecule has 0 radical (unpaired) electrons. The highest BCUT2D eigenvalue weighted by Gasteiger charge is 2.43. The van der Waals surface area contributed by atoms with Crippen molar-refractivity contribution in [1.82, 2.24) is 24.9 Å². The smallest absolute Gasteiger partial charge is 0.262 e. The Labute approximate surface area is 366 Å². The van der Waals surface area contributed by atoms with Crippen LogP contribution in [0.2, 0.25) is 0 Å². The number of likely N-dealkylation sites (tertiary alicyclic amines) is 3. The topological polar surface area (TPSA) is 146 Å². The van der Waals surface area contributed by atoms with E-state index in [4.69, 9.17) is 9.47 Å². The van der Waals surface area contributed by atoms with Gasteiger partial charge in [-0.25, -0.2) is 8.42 Å². The maximum Gasteiger partial charge on any atom is 0.262 e. The number of amides is 4. The number of carbonyl (C=O) groups is 4. The molecule has 5 heterocycles. The summed E-state index contributed by atoms with van der Waals surface area (Å²) in [5.74, 6) is -0.260. The predicted octanol–water partition coefficient (Wildman–Crippen LogP) is 5.52. The summed E-state index contributed by atoms with van der Waals surface area (Å²) in [7, 11) is -2.07. The van der Waals surface area contributed by atoms with Crippen molar-refractivity contribution in [1.29, 1.82) is 0 Å². The molecule has 4 fully saturated rings. The fourth-order valence-electron chi connectivity index (χ4n) is 10.5. The van der Waals surface area contributed by atoms with E-state index in [1.165, 1.54) is 25.5 Å². The van der Waals surface area contributed by atoms with Crippen LogP contribution in [0, 0.1) is 0 Å². The lowest BCUT2D eigenvalue weighted by atomic mass is 9.85. The summed E-state index contributed by atoms with van der Waals surface area (Å²) < 4.78 is 36.5. The van der Waals surface area contributed by atoms with Gasteiger partial charge in [-0.1, -0.05) is 36.4 Å². The zero-order chi connectivity index (χ0) is 43.5. The van der Waals surface area contributed by atoms with E-state index in [1.807, 2.05) is 19.1 Å². The molecule has 62 heavy (non-hydrogen) atoms. The van der Waals surface area contributed by atoms with Crippen LogP contribution >= 0.6 is 0 Å². The number of ether oxygens (including phenoxy) is 2. The van der Waals surface area contributed by atoms with E-state index in [1.54, 1.807) is 24.3 Å². The molecule has 5 aliphatic heterocycles. The van der Waals surface area contributed by atoms with Crippen LogP contribution in [0.25, 0.3) is 0 Å². The first kappa shape index (κ1) is 44.0. The first-order chi connectivity index (χ1) is 29.9. The number of nitrogens with zero attached hydrogens (tertiary/aromatic N) is 4. The monoisotopic (exact) mass is 867 g/mol. The van der Waals surface area contributed by atoms with Crippen LogP contribution in [0.1, 0.15) is 125 Å². The Hall–Kier alpha value is -4.63. The molecule has 0 aromatic heterocycles. The highest BCUT2D eigenvalue weighted by atomic mass is 32.2. The van der Waals surface area contributed by atoms with Crippen molar-refractivity contribution >= 4 is 33.5 Å². The fourth-order valence-corrected chi connectivity index (χ4v) is 11.4. The summed E-state index contributed by atoms with van der Waals surface area (Å²) in [4.78, 5) is 60.7. The van der Waals surface area contributed by atoms with Crippen LogP contribution in [-0.2, 0) is 19.4 Å². The van der Waals surface area contributed by atoms with E-state index < -0.39 is 33.4 Å². The molecule has 332 valence electrons. The van der Waals surface area contributed by atoms with Crippen molar-refractivity contribution in [2.75, 3.05) is 78.1 Å². The molecule has 1 N–H and O–H groups in total. The minimum absolute atomic E-state index is 0.176. The van der Waals surface area contributed by atoms with Gasteiger partial charge in [-0.15, -0.1) is 0 Å². The number of nitrogens with one attached hydrogen (secondary N) is 1. The second kappa shape index (κ2) is 19.0. The molecule has 3 aromatic carbocycles. The molecule has 5 aliphatic rings. The molecule has 14 heteroatoms. The van der Waals surface area contributed by atoms with Crippen molar-refractivity contribution in [3.05, 3.63) is 94.0 Å². The van der Waals surface area contributed by atoms with Crippen molar-refractivity contribution in [3.63, 3.8) is 0 Å². The van der Waals surface area contributed by atoms with Crippen LogP contribution in [0.4, 0.5) is 0 Å². The summed E-state index contributed by atoms with van der Waals surface area (Å²) in [6, 6.07) is 18.8. The molecule has 2 atom stereocenters. The van der Waals surface area contributed by atoms with Crippen LogP contribution in [-0.4, -0.2) is 136 Å². The van der Waals surface area contributed by atoms with Crippen LogP contribution in [0.3, 0.4) is 0 Å². The number of imide groups is 2. The average Bonchev–Trinajstić information content (AvgIpc) is 3.52. The van der Waals surface area contributed by atoms with Crippen molar-refractivity contribution in [3.8, 4) is 11.5 Å². The van der Waals surface area contributed by atoms with E-state index >= 15 is 0 Å². The number of piperidine rings is 4. The van der Waals surface area contributed by atoms with Crippen LogP contribution < -0.4 is 14.8 Å². The largest absolute Gasteiger partial charge is 0.493 e. The second-order valence-electron chi connectivity index (χ2n) is 17.9. The third-order valence-electron chi connectivity index (χ3n) is 14.0. The van der Waals surface area contributed by atoms with Crippen LogP contribution in [0.5, 0.6) is 11.5 Å². The summed E-state index contributed by atoms with van der Waals surface area (Å²) in [6.45, 7) is 10.7. The molecule has 0 bridgehead atoms. The number of methoxy groups -OCH3 is 1. The Bertz CT molecular complexity index is 2240. The zero-order valence-corrected chi connectivity index (χ0v) is 37.2. The highest BCUT2D eigenvalue weighted by molar-refractivity contribution is 7.90. The van der Waals surface area contributed by atoms with E-state index in [-0.39, 0.29) is 23.7 Å². The number of rotatable bonds is 14. The summed E-state index contributed by atoms with van der Waals surface area (Å²) in [5.41, 5.74) is 4.51. The third-order valence-corrected chi connectivity index (χ3v) is 15.0. The molecule has 0 aliphatic carbocycles. The van der Waals surface area contributed by atoms with Gasteiger partial charge in [0.05, 0.1) is 42.6 Å². The Morgan fingerprint density at radius 2 is 1.29 bits per heavy atom. The van der Waals surface area contributed by atoms with Crippen molar-refractivity contribution < 1.29 is 37.1 Å². The van der Waals surface area contributed by atoms with Crippen molar-refractivity contribution in [2.24, 2.45) is 0 Å². The summed E-state index contributed by atoms with van der Waals surface area (Å²) >= 11 is 0. The van der Waals surface area contributed by atoms with Gasteiger partial charge in [0.2, 0.25) is 11.8 Å². The van der Waals surface area contributed by atoms with Gasteiger partial charge >= 0.3 is 0 Å². The quantitative estimate of drug-likeness (QED) is 0.205. The Kier molecular flexibility index (Phi) is 13.5. The SMILES string of the molecule is CCOc1cc([C@@H](CS(C)(=O)=O)N2C(=O)c3ccc(C4CCN(CCN5CCC(N6CCC(c7ccc(C8CCC(=O)NC8=O)cc7)CC6)CC5)CC4)cc3C2=O)ccc1OC. The highest BCUT2D eigenvalue weighted by Crippen LogP contribution is 2.39. The molecule has 8 rings (SSSR count). The number of hydrogen-bond donors (Lipinski definition) is 1. The number of fused-ring (bicyclic) bond motifs is 1. The Morgan fingerprint density at radius 1 is 0.694 bits per heavy atom. The first-order valence-electron chi connectivity index (χ1n) is 22.5. The predicted molar refractivity (Wildman–Crippen MR) is 237 cm³/mol. The van der Waals surface area contributed by atoms with Crippen LogP contribution in [0.15, 0.2) is 60.7 Å². The standard InChI is InChI=1S/C48H61N5O8S/c1-4-61-44-30-37(10-13-43(44)60-2)42(31-62(3,58)59)53-47(56)40-11-9-36(29-41(40)48(53)57)34-15-21-50(22-16-34)27-28-51-23-19-38(20-24-51)52-25-17-33(18-26-52)32-5-7-35(8-6-32)39-12-14-45(54)49-46(39)55/h5-11,13,29-30,33-34,38-39,42H,4,12,14-28,31H2,1-3H3,(H,49,54,55)/t39?,42-/m1/s1. The minimum Gasteiger partial charge on any atom is -0.493 e. The molecule has 0 saturated carbocycles. The van der Waals surface area contributed by atoms with Gasteiger partial charge in [0.1, 0.15) is 9.84 Å². The molecule has 4 amide bonds. The van der Waals surface area contributed by atoms with E-state index in [0.717, 1.165) is 100 Å². The van der Waals surface area contributed by atoms with Gasteiger partial charge in [-0.05, 0) is 149 Å². The normalized spacial score (nSPS) is 22.2. The van der Waals surface area contributed by atoms with E-state index in [0.29, 0.717) is 59.6 Å². The molecular formula is C48H61N5O8S. The lowest BCUT2D eigenvalue weighted by Crippen LogP contribution is -2.49. The lowest BCUT2D eigenvalue weighted by molar-refractivity contribution is -0.134. The summed E-state index contributed by atoms with van der Waals surface area (Å²) in [6.07, 6.45) is 8.74. The lowest BCUT2D eigenvalue weighted by Gasteiger charge is -2.42. The third kappa shape index (κ3) is 9.78. The van der Waals surface area contributed by atoms with E-state index in [9.17, 15) is 27.6 Å². The average molecular weight is 868 g/mol. The molecule has 1 unspecified atom stereocenters. The maximum absolute atomic E-state index is 14.0. The number of hydrogen-bond acceptors (Lipinski definition) is 11. The minimum atomic E-state index is -3.59. The Balaban J connectivity index is 0.788. The molecule has 13 nitrogen and oxygen atoms in total. The number of benzene rings is 3. The van der Waals surface area contributed by atoms with Gasteiger partial charge in [-0.2, -0.15) is 0 Å². The van der Waals surface area contributed by atoms with Crippen molar-refractivity contribution in [2.45, 2.75) is 88.1 Å². The molecule has 3 aromatic rings. The fraction of sp³-hybridized carbons (Fsp3) is 0.542. The Morgan fingerprint density at radius 3 is 1.92 bits per heavy atom. The number of carbonyl (C=O) groups excluding carboxylic acids is 4. The van der Waals surface area contributed by atoms with Gasteiger partial charge in [0.15, 0.2) is 11.5 Å². The zero-order valence-electron chi connectivity index (χ0n) is 36.4. The van der Waals surface area contributed by atoms with Gasteiger partial charge in [0, 0.05) is 31.8 Å². The molecular weight excluding hydrogens is 807 g/mol. The summed E-state index contributed by atoms with van der Waals surface area (Å²) in [5, 5.41) is 2.48. The van der Waals surface area contributed by atoms with Gasteiger partial charge < -0.3 is 24.2 Å². The van der Waals surface area contributed by atoms with Gasteiger partial charge in [0.25, 0.3) is 11.8 Å².